The topological polar surface area (TPSA) is 86.3 Å². The summed E-state index contributed by atoms with van der Waals surface area (Å²) < 4.78 is 21.6. The minimum absolute atomic E-state index is 0.108. The number of imide groups is 1. The Morgan fingerprint density at radius 3 is 2.15 bits per heavy atom. The molecule has 164 valence electrons. The van der Waals surface area contributed by atoms with Crippen LogP contribution in [0.4, 0.5) is 5.69 Å². The lowest BCUT2D eigenvalue weighted by atomic mass is 10.0. The van der Waals surface area contributed by atoms with Gasteiger partial charge in [-0.3, -0.25) is 14.5 Å². The number of rotatable bonds is 5. The molecule has 3 aromatic rings. The van der Waals surface area contributed by atoms with Crippen LogP contribution in [-0.4, -0.2) is 30.3 Å². The molecule has 0 aliphatic carbocycles. The van der Waals surface area contributed by atoms with E-state index in [2.05, 4.69) is 5.32 Å². The van der Waals surface area contributed by atoms with E-state index in [-0.39, 0.29) is 31.7 Å². The molecule has 6 rings (SSSR count). The van der Waals surface area contributed by atoms with E-state index in [9.17, 15) is 9.59 Å². The van der Waals surface area contributed by atoms with Crippen molar-refractivity contribution in [3.8, 4) is 23.0 Å². The highest BCUT2D eigenvalue weighted by molar-refractivity contribution is 6.36. The Hall–Kier alpha value is -4.46. The number of amides is 2. The second-order valence-corrected chi connectivity index (χ2v) is 7.69. The van der Waals surface area contributed by atoms with Crippen molar-refractivity contribution in [1.29, 1.82) is 0 Å². The Bertz CT molecular complexity index is 1320. The van der Waals surface area contributed by atoms with Crippen molar-refractivity contribution < 1.29 is 28.5 Å². The number of carbonyl (C=O) groups excluding carboxylic acids is 2. The monoisotopic (exact) mass is 442 g/mol. The molecular weight excluding hydrogens is 424 g/mol. The fourth-order valence-corrected chi connectivity index (χ4v) is 4.05. The van der Waals surface area contributed by atoms with Gasteiger partial charge in [0.05, 0.1) is 12.1 Å². The SMILES string of the molecule is O=C1C(Nc2ccc3c(c2)OCO3)=C(c2ccccc2)C(=O)N1Cc1ccc2c(c1)OCO2. The number of hydrogen-bond donors (Lipinski definition) is 1. The second-order valence-electron chi connectivity index (χ2n) is 7.69. The average molecular weight is 442 g/mol. The molecule has 8 nitrogen and oxygen atoms in total. The number of carbonyl (C=O) groups is 2. The highest BCUT2D eigenvalue weighted by Crippen LogP contribution is 2.37. The Balaban J connectivity index is 1.35. The fourth-order valence-electron chi connectivity index (χ4n) is 4.05. The van der Waals surface area contributed by atoms with Crippen molar-refractivity contribution in [2.24, 2.45) is 0 Å². The quantitative estimate of drug-likeness (QED) is 0.605. The van der Waals surface area contributed by atoms with Gasteiger partial charge in [-0.25, -0.2) is 0 Å². The van der Waals surface area contributed by atoms with Crippen molar-refractivity contribution >= 4 is 23.1 Å². The van der Waals surface area contributed by atoms with Crippen molar-refractivity contribution in [1.82, 2.24) is 4.90 Å². The molecule has 0 saturated heterocycles. The molecule has 8 heteroatoms. The summed E-state index contributed by atoms with van der Waals surface area (Å²) in [6, 6.07) is 19.8. The molecule has 3 aromatic carbocycles. The lowest BCUT2D eigenvalue weighted by Crippen LogP contribution is -2.32. The van der Waals surface area contributed by atoms with Gasteiger partial charge in [-0.05, 0) is 35.4 Å². The van der Waals surface area contributed by atoms with Crippen LogP contribution in [0.2, 0.25) is 0 Å². The zero-order valence-corrected chi connectivity index (χ0v) is 17.4. The minimum atomic E-state index is -0.408. The minimum Gasteiger partial charge on any atom is -0.454 e. The van der Waals surface area contributed by atoms with Gasteiger partial charge < -0.3 is 24.3 Å². The molecule has 3 aliphatic rings. The van der Waals surface area contributed by atoms with Crippen LogP contribution in [0.3, 0.4) is 0 Å². The molecule has 0 saturated carbocycles. The Kier molecular flexibility index (Phi) is 4.43. The first-order valence-electron chi connectivity index (χ1n) is 10.4. The maximum Gasteiger partial charge on any atom is 0.278 e. The molecule has 0 unspecified atom stereocenters. The van der Waals surface area contributed by atoms with E-state index < -0.39 is 5.91 Å². The lowest BCUT2D eigenvalue weighted by molar-refractivity contribution is -0.137. The third-order valence-electron chi connectivity index (χ3n) is 5.65. The van der Waals surface area contributed by atoms with Gasteiger partial charge in [-0.2, -0.15) is 0 Å². The van der Waals surface area contributed by atoms with Crippen LogP contribution in [0.5, 0.6) is 23.0 Å². The van der Waals surface area contributed by atoms with E-state index in [1.54, 1.807) is 30.3 Å². The number of fused-ring (bicyclic) bond motifs is 2. The Morgan fingerprint density at radius 2 is 1.39 bits per heavy atom. The Labute approximate surface area is 188 Å². The first-order chi connectivity index (χ1) is 16.2. The number of ether oxygens (including phenoxy) is 4. The Morgan fingerprint density at radius 1 is 0.727 bits per heavy atom. The molecule has 2 amide bonds. The summed E-state index contributed by atoms with van der Waals surface area (Å²) in [5.74, 6) is 1.68. The van der Waals surface area contributed by atoms with Crippen LogP contribution in [-0.2, 0) is 16.1 Å². The zero-order chi connectivity index (χ0) is 22.4. The van der Waals surface area contributed by atoms with Gasteiger partial charge in [0.2, 0.25) is 13.6 Å². The molecule has 0 spiro atoms. The van der Waals surface area contributed by atoms with Crippen LogP contribution < -0.4 is 24.3 Å². The standard InChI is InChI=1S/C25H18N2O6/c28-24-22(16-4-2-1-3-5-16)23(26-17-7-9-19-21(11-17)33-14-31-19)25(29)27(24)12-15-6-8-18-20(10-15)32-13-30-18/h1-11,26H,12-14H2. The highest BCUT2D eigenvalue weighted by atomic mass is 16.7. The summed E-state index contributed by atoms with van der Waals surface area (Å²) >= 11 is 0. The fraction of sp³-hybridized carbons (Fsp3) is 0.120. The summed E-state index contributed by atoms with van der Waals surface area (Å²) in [6.07, 6.45) is 0. The number of benzene rings is 3. The van der Waals surface area contributed by atoms with Gasteiger partial charge in [0.1, 0.15) is 5.70 Å². The third kappa shape index (κ3) is 3.32. The van der Waals surface area contributed by atoms with E-state index in [4.69, 9.17) is 18.9 Å². The number of nitrogens with zero attached hydrogens (tertiary/aromatic N) is 1. The molecule has 3 heterocycles. The maximum absolute atomic E-state index is 13.4. The van der Waals surface area contributed by atoms with Crippen LogP contribution in [0.1, 0.15) is 11.1 Å². The number of anilines is 1. The van der Waals surface area contributed by atoms with Crippen LogP contribution >= 0.6 is 0 Å². The van der Waals surface area contributed by atoms with Gasteiger partial charge in [0.25, 0.3) is 11.8 Å². The normalized spacial score (nSPS) is 16.1. The molecule has 0 radical (unpaired) electrons. The van der Waals surface area contributed by atoms with Gasteiger partial charge in [-0.15, -0.1) is 0 Å². The van der Waals surface area contributed by atoms with Gasteiger partial charge in [0, 0.05) is 11.8 Å². The van der Waals surface area contributed by atoms with E-state index in [1.807, 2.05) is 36.4 Å². The summed E-state index contributed by atoms with van der Waals surface area (Å²) in [4.78, 5) is 28.1. The average Bonchev–Trinajstić information content (AvgIpc) is 3.55. The van der Waals surface area contributed by atoms with E-state index >= 15 is 0 Å². The predicted molar refractivity (Wildman–Crippen MR) is 118 cm³/mol. The van der Waals surface area contributed by atoms with Gasteiger partial charge in [0.15, 0.2) is 23.0 Å². The van der Waals surface area contributed by atoms with Crippen LogP contribution in [0, 0.1) is 0 Å². The summed E-state index contributed by atoms with van der Waals surface area (Å²) in [5, 5.41) is 3.14. The van der Waals surface area contributed by atoms with E-state index in [0.29, 0.717) is 39.8 Å². The van der Waals surface area contributed by atoms with Crippen molar-refractivity contribution in [2.75, 3.05) is 18.9 Å². The van der Waals surface area contributed by atoms with Gasteiger partial charge in [-0.1, -0.05) is 36.4 Å². The molecule has 33 heavy (non-hydrogen) atoms. The predicted octanol–water partition coefficient (Wildman–Crippen LogP) is 3.54. The van der Waals surface area contributed by atoms with Crippen LogP contribution in [0.25, 0.3) is 5.57 Å². The van der Waals surface area contributed by atoms with E-state index in [1.165, 1.54) is 4.90 Å². The molecule has 0 fully saturated rings. The summed E-state index contributed by atoms with van der Waals surface area (Å²) in [5.41, 5.74) is 2.57. The smallest absolute Gasteiger partial charge is 0.278 e. The number of hydrogen-bond acceptors (Lipinski definition) is 7. The largest absolute Gasteiger partial charge is 0.454 e. The molecule has 0 atom stereocenters. The summed E-state index contributed by atoms with van der Waals surface area (Å²) in [6.45, 7) is 0.415. The van der Waals surface area contributed by atoms with Crippen molar-refractivity contribution in [3.63, 3.8) is 0 Å². The molecule has 0 bridgehead atoms. The van der Waals surface area contributed by atoms with Crippen molar-refractivity contribution in [2.45, 2.75) is 6.54 Å². The van der Waals surface area contributed by atoms with Crippen LogP contribution in [0.15, 0.2) is 72.4 Å². The molecular formula is C25H18N2O6. The first-order valence-corrected chi connectivity index (χ1v) is 10.4. The third-order valence-corrected chi connectivity index (χ3v) is 5.65. The first kappa shape index (κ1) is 19.2. The van der Waals surface area contributed by atoms with Gasteiger partial charge >= 0.3 is 0 Å². The lowest BCUT2D eigenvalue weighted by Gasteiger charge is -2.16. The molecule has 1 N–H and O–H groups in total. The van der Waals surface area contributed by atoms with Crippen molar-refractivity contribution in [3.05, 3.63) is 83.6 Å². The van der Waals surface area contributed by atoms with E-state index in [0.717, 1.165) is 5.56 Å². The zero-order valence-electron chi connectivity index (χ0n) is 17.4. The number of nitrogens with one attached hydrogen (secondary N) is 1. The maximum atomic E-state index is 13.4. The highest BCUT2D eigenvalue weighted by Gasteiger charge is 2.39. The summed E-state index contributed by atoms with van der Waals surface area (Å²) in [7, 11) is 0. The molecule has 0 aromatic heterocycles. The second kappa shape index (κ2) is 7.59. The molecule has 3 aliphatic heterocycles.